The minimum atomic E-state index is -1.25. The third kappa shape index (κ3) is 7.57. The highest BCUT2D eigenvalue weighted by atomic mass is 32.1. The molecular formula is C27H26N4O8S. The maximum atomic E-state index is 6.02. The lowest BCUT2D eigenvalue weighted by Gasteiger charge is -2.26. The molecule has 0 saturated carbocycles. The van der Waals surface area contributed by atoms with Gasteiger partial charge in [0.25, 0.3) is 12.6 Å². The van der Waals surface area contributed by atoms with Crippen LogP contribution in [-0.4, -0.2) is 65.8 Å². The highest BCUT2D eigenvalue weighted by Crippen LogP contribution is 2.23. The van der Waals surface area contributed by atoms with Gasteiger partial charge in [-0.05, 0) is 24.3 Å². The van der Waals surface area contributed by atoms with Crippen molar-refractivity contribution in [2.75, 3.05) is 28.4 Å². The summed E-state index contributed by atoms with van der Waals surface area (Å²) in [6.45, 7) is 0. The first-order chi connectivity index (χ1) is 19.5. The van der Waals surface area contributed by atoms with Gasteiger partial charge in [-0.15, -0.1) is 0 Å². The van der Waals surface area contributed by atoms with Gasteiger partial charge in [0.2, 0.25) is 23.5 Å². The molecule has 0 amide bonds. The molecule has 0 spiro atoms. The Morgan fingerprint density at radius 2 is 0.725 bits per heavy atom. The molecule has 4 rings (SSSR count). The number of nitrogens with zero attached hydrogens (tertiary/aromatic N) is 4. The molecular weight excluding hydrogens is 540 g/mol. The molecule has 0 aliphatic heterocycles. The van der Waals surface area contributed by atoms with E-state index in [1.54, 1.807) is 48.5 Å². The predicted molar refractivity (Wildman–Crippen MR) is 146 cm³/mol. The number of rotatable bonds is 14. The van der Waals surface area contributed by atoms with Crippen molar-refractivity contribution in [2.24, 2.45) is 0 Å². The van der Waals surface area contributed by atoms with E-state index < -0.39 is 12.6 Å². The van der Waals surface area contributed by atoms with Gasteiger partial charge in [0.15, 0.2) is 4.86 Å². The van der Waals surface area contributed by atoms with Gasteiger partial charge < -0.3 is 37.9 Å². The fourth-order valence-corrected chi connectivity index (χ4v) is 3.25. The number of hydrogen-bond donors (Lipinski definition) is 0. The van der Waals surface area contributed by atoms with Crippen molar-refractivity contribution < 1.29 is 37.9 Å². The van der Waals surface area contributed by atoms with Crippen molar-refractivity contribution >= 4 is 17.1 Å². The second-order valence-corrected chi connectivity index (χ2v) is 8.15. The Morgan fingerprint density at radius 3 is 0.900 bits per heavy atom. The molecule has 12 nitrogen and oxygen atoms in total. The predicted octanol–water partition coefficient (Wildman–Crippen LogP) is 3.94. The highest BCUT2D eigenvalue weighted by Gasteiger charge is 2.32. The summed E-state index contributed by atoms with van der Waals surface area (Å²) in [5, 5.41) is 0. The summed E-state index contributed by atoms with van der Waals surface area (Å²) < 4.78 is 44.8. The third-order valence-electron chi connectivity index (χ3n) is 5.16. The van der Waals surface area contributed by atoms with E-state index in [0.29, 0.717) is 23.0 Å². The second-order valence-electron chi connectivity index (χ2n) is 7.68. The van der Waals surface area contributed by atoms with Crippen LogP contribution in [0, 0.1) is 0 Å². The molecule has 0 atom stereocenters. The lowest BCUT2D eigenvalue weighted by atomic mass is 10.3. The molecule has 4 heterocycles. The van der Waals surface area contributed by atoms with Crippen LogP contribution in [0.25, 0.3) is 0 Å². The average molecular weight is 567 g/mol. The topological polar surface area (TPSA) is 125 Å². The van der Waals surface area contributed by atoms with Crippen LogP contribution in [0.1, 0.15) is 0 Å². The fourth-order valence-electron chi connectivity index (χ4n) is 3.06. The number of thiocarbonyl (C=S) groups is 1. The van der Waals surface area contributed by atoms with Gasteiger partial charge in [0, 0.05) is 24.3 Å². The van der Waals surface area contributed by atoms with Crippen LogP contribution >= 0.6 is 12.2 Å². The van der Waals surface area contributed by atoms with Crippen molar-refractivity contribution in [1.29, 1.82) is 0 Å². The third-order valence-corrected chi connectivity index (χ3v) is 5.54. The van der Waals surface area contributed by atoms with Crippen LogP contribution in [0.15, 0.2) is 73.3 Å². The Hall–Kier alpha value is -4.91. The monoisotopic (exact) mass is 566 g/mol. The van der Waals surface area contributed by atoms with E-state index in [0.717, 1.165) is 0 Å². The molecule has 0 bridgehead atoms. The molecule has 0 aliphatic rings. The maximum Gasteiger partial charge on any atom is 0.284 e. The van der Waals surface area contributed by atoms with Crippen molar-refractivity contribution in [3.8, 4) is 46.5 Å². The van der Waals surface area contributed by atoms with Gasteiger partial charge in [-0.2, -0.15) is 0 Å². The molecule has 0 saturated heterocycles. The minimum Gasteiger partial charge on any atom is -0.495 e. The SMILES string of the molecule is COc1ccc(OC(Oc2ccc(OC)cn2)C(=S)C(Oc2ccc(OC)cn2)Oc2ccc(OC)cn2)nc1. The standard InChI is InChI=1S/C27H26N4O8S/c1-32-17-5-9-21(28-13-17)36-26(37-22-10-6-18(33-2)14-29-22)25(40)27(38-23-11-7-19(34-3)15-30-23)39-24-12-8-20(35-4)16-31-24/h5-16,26-27H,1-4H3. The zero-order valence-electron chi connectivity index (χ0n) is 22.0. The van der Waals surface area contributed by atoms with Crippen LogP contribution in [-0.2, 0) is 0 Å². The number of aromatic nitrogens is 4. The van der Waals surface area contributed by atoms with Gasteiger partial charge in [0.1, 0.15) is 23.0 Å². The van der Waals surface area contributed by atoms with Gasteiger partial charge in [-0.1, -0.05) is 12.2 Å². The van der Waals surface area contributed by atoms with Gasteiger partial charge in [-0.25, -0.2) is 19.9 Å². The van der Waals surface area contributed by atoms with Crippen molar-refractivity contribution in [1.82, 2.24) is 19.9 Å². The summed E-state index contributed by atoms with van der Waals surface area (Å²) in [4.78, 5) is 17.0. The van der Waals surface area contributed by atoms with E-state index in [4.69, 9.17) is 50.1 Å². The molecule has 0 aromatic carbocycles. The van der Waals surface area contributed by atoms with E-state index in [1.807, 2.05) is 0 Å². The summed E-state index contributed by atoms with van der Waals surface area (Å²) in [6.07, 6.45) is 3.47. The van der Waals surface area contributed by atoms with Gasteiger partial charge in [-0.3, -0.25) is 0 Å². The average Bonchev–Trinajstić information content (AvgIpc) is 3.01. The Labute approximate surface area is 235 Å². The first-order valence-corrected chi connectivity index (χ1v) is 12.1. The Kier molecular flexibility index (Phi) is 9.67. The van der Waals surface area contributed by atoms with E-state index in [2.05, 4.69) is 19.9 Å². The van der Waals surface area contributed by atoms with Crippen LogP contribution in [0.5, 0.6) is 46.5 Å². The van der Waals surface area contributed by atoms with E-state index >= 15 is 0 Å². The molecule has 4 aromatic heterocycles. The van der Waals surface area contributed by atoms with Crippen molar-refractivity contribution in [3.05, 3.63) is 73.3 Å². The minimum absolute atomic E-state index is 0.0467. The van der Waals surface area contributed by atoms with Crippen molar-refractivity contribution in [2.45, 2.75) is 12.6 Å². The first kappa shape index (κ1) is 28.1. The molecule has 13 heteroatoms. The summed E-state index contributed by atoms with van der Waals surface area (Å²) in [7, 11) is 6.14. The van der Waals surface area contributed by atoms with E-state index in [9.17, 15) is 0 Å². The Morgan fingerprint density at radius 1 is 0.475 bits per heavy atom. The molecule has 208 valence electrons. The molecule has 40 heavy (non-hydrogen) atoms. The van der Waals surface area contributed by atoms with Gasteiger partial charge >= 0.3 is 0 Å². The van der Waals surface area contributed by atoms with Crippen LogP contribution in [0.2, 0.25) is 0 Å². The maximum absolute atomic E-state index is 6.02. The lowest BCUT2D eigenvalue weighted by Crippen LogP contribution is -2.45. The molecule has 0 radical (unpaired) electrons. The number of methoxy groups -OCH3 is 4. The molecule has 0 unspecified atom stereocenters. The summed E-state index contributed by atoms with van der Waals surface area (Å²) in [5.41, 5.74) is 0. The van der Waals surface area contributed by atoms with E-state index in [1.165, 1.54) is 53.2 Å². The largest absolute Gasteiger partial charge is 0.495 e. The number of pyridine rings is 4. The fraction of sp³-hybridized carbons (Fsp3) is 0.222. The normalized spacial score (nSPS) is 10.6. The Bertz CT molecular complexity index is 1150. The van der Waals surface area contributed by atoms with Crippen LogP contribution in [0.3, 0.4) is 0 Å². The zero-order chi connectivity index (χ0) is 28.3. The summed E-state index contributed by atoms with van der Waals surface area (Å²) >= 11 is 5.78. The van der Waals surface area contributed by atoms with Crippen LogP contribution in [0.4, 0.5) is 0 Å². The second kappa shape index (κ2) is 13.8. The van der Waals surface area contributed by atoms with Crippen LogP contribution < -0.4 is 37.9 Å². The number of ether oxygens (including phenoxy) is 8. The summed E-state index contributed by atoms with van der Waals surface area (Å²) in [6, 6.07) is 13.1. The summed E-state index contributed by atoms with van der Waals surface area (Å²) in [5.74, 6) is 2.98. The first-order valence-electron chi connectivity index (χ1n) is 11.7. The smallest absolute Gasteiger partial charge is 0.284 e. The Balaban J connectivity index is 1.64. The van der Waals surface area contributed by atoms with E-state index in [-0.39, 0.29) is 28.4 Å². The molecule has 4 aromatic rings. The lowest BCUT2D eigenvalue weighted by molar-refractivity contribution is 0.0141. The quantitative estimate of drug-likeness (QED) is 0.162. The van der Waals surface area contributed by atoms with Crippen molar-refractivity contribution in [3.63, 3.8) is 0 Å². The number of hydrogen-bond acceptors (Lipinski definition) is 13. The van der Waals surface area contributed by atoms with Gasteiger partial charge in [0.05, 0.1) is 53.2 Å². The molecule has 0 N–H and O–H groups in total. The molecule has 0 fully saturated rings. The zero-order valence-corrected chi connectivity index (χ0v) is 22.9. The molecule has 0 aliphatic carbocycles. The highest BCUT2D eigenvalue weighted by molar-refractivity contribution is 7.80.